The van der Waals surface area contributed by atoms with Crippen LogP contribution in [-0.2, 0) is 30.4 Å². The van der Waals surface area contributed by atoms with Crippen molar-refractivity contribution in [3.63, 3.8) is 0 Å². The Bertz CT molecular complexity index is 2400. The number of thiazole rings is 1. The van der Waals surface area contributed by atoms with Gasteiger partial charge in [0.25, 0.3) is 0 Å². The Kier molecular flexibility index (Phi) is 17.4. The number of likely N-dealkylation sites (tertiary alicyclic amines) is 1. The van der Waals surface area contributed by atoms with Crippen molar-refractivity contribution in [3.8, 4) is 21.9 Å². The predicted molar refractivity (Wildman–Crippen MR) is 248 cm³/mol. The van der Waals surface area contributed by atoms with Gasteiger partial charge in [0.05, 0.1) is 66.3 Å². The number of nitrogens with one attached hydrogen (secondary N) is 3. The van der Waals surface area contributed by atoms with Crippen molar-refractivity contribution >= 4 is 63.1 Å². The quantitative estimate of drug-likeness (QED) is 0.0506. The average Bonchev–Trinajstić information content (AvgIpc) is 3.90. The third kappa shape index (κ3) is 13.5. The molecular formula is C47H57ClFN7O8S. The summed E-state index contributed by atoms with van der Waals surface area (Å²) in [6.45, 7) is 9.52. The fourth-order valence-corrected chi connectivity index (χ4v) is 8.30. The van der Waals surface area contributed by atoms with E-state index in [4.69, 9.17) is 30.5 Å². The SMILES string of the molecule is COc1cc2ncnc(Nc3ccc(F)c(Cl)c3)c2cc1OCCCCCOCCOCCC(=O)N[C@H](C(=O)N1C[C@H](O)C[C@H]1C(=O)NCc1ccc(-c2scnc2C)cc1)C(C)(C)C. The normalized spacial score (nSPS) is 15.5. The summed E-state index contributed by atoms with van der Waals surface area (Å²) in [5.41, 5.74) is 5.25. The Labute approximate surface area is 387 Å². The lowest BCUT2D eigenvalue weighted by Gasteiger charge is -2.35. The molecule has 0 unspecified atom stereocenters. The number of carbonyl (C=O) groups excluding carboxylic acids is 3. The first kappa shape index (κ1) is 49.0. The number of halogens is 2. The number of hydrogen-bond donors (Lipinski definition) is 4. The van der Waals surface area contributed by atoms with Gasteiger partial charge in [0, 0.05) is 49.7 Å². The highest BCUT2D eigenvalue weighted by molar-refractivity contribution is 7.13. The molecule has 65 heavy (non-hydrogen) atoms. The zero-order valence-electron chi connectivity index (χ0n) is 37.3. The molecule has 3 aromatic carbocycles. The van der Waals surface area contributed by atoms with E-state index in [1.807, 2.05) is 63.5 Å². The molecule has 15 nitrogen and oxygen atoms in total. The van der Waals surface area contributed by atoms with E-state index in [0.717, 1.165) is 41.0 Å². The number of methoxy groups -OCH3 is 1. The summed E-state index contributed by atoms with van der Waals surface area (Å²) in [5, 5.41) is 20.2. The number of hydrogen-bond acceptors (Lipinski definition) is 13. The number of unbranched alkanes of at least 4 members (excludes halogenated alkanes) is 2. The van der Waals surface area contributed by atoms with Crippen LogP contribution in [0.25, 0.3) is 21.3 Å². The van der Waals surface area contributed by atoms with Crippen molar-refractivity contribution in [1.29, 1.82) is 0 Å². The van der Waals surface area contributed by atoms with Gasteiger partial charge in [0.15, 0.2) is 11.5 Å². The summed E-state index contributed by atoms with van der Waals surface area (Å²) in [6, 6.07) is 14.0. The van der Waals surface area contributed by atoms with Crippen molar-refractivity contribution in [1.82, 2.24) is 30.5 Å². The van der Waals surface area contributed by atoms with Crippen LogP contribution in [-0.4, -0.2) is 108 Å². The molecule has 3 amide bonds. The number of aromatic nitrogens is 3. The maximum Gasteiger partial charge on any atom is 0.246 e. The van der Waals surface area contributed by atoms with Crippen molar-refractivity contribution in [2.45, 2.75) is 84.5 Å². The van der Waals surface area contributed by atoms with E-state index in [9.17, 15) is 23.9 Å². The van der Waals surface area contributed by atoms with E-state index in [-0.39, 0.29) is 49.4 Å². The molecule has 0 radical (unpaired) electrons. The summed E-state index contributed by atoms with van der Waals surface area (Å²) >= 11 is 7.53. The molecule has 3 heterocycles. The molecule has 6 rings (SSSR count). The van der Waals surface area contributed by atoms with E-state index < -0.39 is 35.3 Å². The minimum atomic E-state index is -0.930. The molecule has 5 aromatic rings. The van der Waals surface area contributed by atoms with Crippen molar-refractivity contribution < 1.29 is 42.8 Å². The minimum Gasteiger partial charge on any atom is -0.493 e. The van der Waals surface area contributed by atoms with Crippen LogP contribution in [0.3, 0.4) is 0 Å². The standard InChI is InChI=1S/C47H57ClFN7O8S/c1-29-42(65-28-53-29)31-11-9-30(10-12-31)25-50-45(59)38-22-33(57)26-56(38)46(60)43(47(2,3)4)55-41(58)15-18-63-20-19-62-16-7-6-8-17-64-40-23-34-37(24-39(40)61-5)51-27-52-44(34)54-32-13-14-36(49)35(48)21-32/h9-14,21,23-24,27-28,33,38,43,57H,6-8,15-20,22,25-26H2,1-5H3,(H,50,59)(H,55,58)(H,51,52,54)/t33-,38+,43-/m1/s1. The number of carbonyl (C=O) groups is 3. The number of rotatable bonds is 22. The number of fused-ring (bicyclic) bond motifs is 1. The number of anilines is 2. The van der Waals surface area contributed by atoms with Gasteiger partial charge in [0.2, 0.25) is 17.7 Å². The van der Waals surface area contributed by atoms with E-state index >= 15 is 0 Å². The number of aliphatic hydroxyl groups excluding tert-OH is 1. The second kappa shape index (κ2) is 23.1. The molecule has 1 aliphatic heterocycles. The van der Waals surface area contributed by atoms with Crippen molar-refractivity contribution in [3.05, 3.63) is 88.5 Å². The summed E-state index contributed by atoms with van der Waals surface area (Å²) in [6.07, 6.45) is 3.14. The Morgan fingerprint density at radius 2 is 1.71 bits per heavy atom. The first-order chi connectivity index (χ1) is 31.2. The van der Waals surface area contributed by atoms with Crippen LogP contribution in [0.2, 0.25) is 5.02 Å². The fraction of sp³-hybridized carbons (Fsp3) is 0.447. The molecule has 0 saturated carbocycles. The molecular weight excluding hydrogens is 877 g/mol. The van der Waals surface area contributed by atoms with Crippen molar-refractivity contribution in [2.75, 3.05) is 52.0 Å². The monoisotopic (exact) mass is 933 g/mol. The van der Waals surface area contributed by atoms with Gasteiger partial charge in [-0.1, -0.05) is 56.6 Å². The number of nitrogens with zero attached hydrogens (tertiary/aromatic N) is 4. The topological polar surface area (TPSA) is 186 Å². The van der Waals surface area contributed by atoms with Gasteiger partial charge in [-0.25, -0.2) is 19.3 Å². The summed E-state index contributed by atoms with van der Waals surface area (Å²) in [4.78, 5) is 55.9. The highest BCUT2D eigenvalue weighted by atomic mass is 35.5. The van der Waals surface area contributed by atoms with Gasteiger partial charge in [-0.3, -0.25) is 14.4 Å². The van der Waals surface area contributed by atoms with Gasteiger partial charge < -0.3 is 44.9 Å². The molecule has 0 spiro atoms. The van der Waals surface area contributed by atoms with Gasteiger partial charge in [-0.05, 0) is 67.0 Å². The minimum absolute atomic E-state index is 0.00435. The Balaban J connectivity index is 0.864. The second-order valence-electron chi connectivity index (χ2n) is 16.8. The number of ether oxygens (including phenoxy) is 4. The largest absolute Gasteiger partial charge is 0.493 e. The molecule has 1 fully saturated rings. The van der Waals surface area contributed by atoms with Crippen LogP contribution < -0.4 is 25.4 Å². The predicted octanol–water partition coefficient (Wildman–Crippen LogP) is 7.39. The van der Waals surface area contributed by atoms with E-state index in [1.165, 1.54) is 23.4 Å². The Morgan fingerprint density at radius 3 is 2.42 bits per heavy atom. The third-order valence-electron chi connectivity index (χ3n) is 10.9. The van der Waals surface area contributed by atoms with Crippen LogP contribution in [0.1, 0.15) is 64.1 Å². The number of aliphatic hydroxyl groups is 1. The molecule has 0 bridgehead atoms. The lowest BCUT2D eigenvalue weighted by molar-refractivity contribution is -0.144. The summed E-state index contributed by atoms with van der Waals surface area (Å²) < 4.78 is 36.7. The number of β-amino-alcohol motifs (C(OH)–C–C–N with tert-alkyl or cyclic N) is 1. The molecule has 3 atom stereocenters. The third-order valence-corrected chi connectivity index (χ3v) is 12.1. The molecule has 4 N–H and O–H groups in total. The highest BCUT2D eigenvalue weighted by Crippen LogP contribution is 2.35. The fourth-order valence-electron chi connectivity index (χ4n) is 7.31. The molecule has 1 aliphatic rings. The molecule has 348 valence electrons. The first-order valence-electron chi connectivity index (χ1n) is 21.6. The first-order valence-corrected chi connectivity index (χ1v) is 22.9. The highest BCUT2D eigenvalue weighted by Gasteiger charge is 2.44. The maximum absolute atomic E-state index is 14.0. The lowest BCUT2D eigenvalue weighted by Crippen LogP contribution is -2.57. The van der Waals surface area contributed by atoms with Crippen LogP contribution in [0.15, 0.2) is 66.4 Å². The molecule has 1 saturated heterocycles. The van der Waals surface area contributed by atoms with Gasteiger partial charge >= 0.3 is 0 Å². The summed E-state index contributed by atoms with van der Waals surface area (Å²) in [7, 11) is 1.56. The van der Waals surface area contributed by atoms with E-state index in [0.29, 0.717) is 60.3 Å². The van der Waals surface area contributed by atoms with Gasteiger partial charge in [0.1, 0.15) is 30.0 Å². The van der Waals surface area contributed by atoms with E-state index in [1.54, 1.807) is 30.6 Å². The Hall–Kier alpha value is -5.46. The number of aryl methyl sites for hydroxylation is 1. The van der Waals surface area contributed by atoms with Crippen molar-refractivity contribution in [2.24, 2.45) is 5.41 Å². The van der Waals surface area contributed by atoms with Crippen LogP contribution >= 0.6 is 22.9 Å². The Morgan fingerprint density at radius 1 is 0.954 bits per heavy atom. The zero-order chi connectivity index (χ0) is 46.5. The number of amides is 3. The average molecular weight is 935 g/mol. The van der Waals surface area contributed by atoms with Gasteiger partial charge in [-0.2, -0.15) is 0 Å². The number of benzene rings is 3. The smallest absolute Gasteiger partial charge is 0.246 e. The van der Waals surface area contributed by atoms with Crippen LogP contribution in [0.4, 0.5) is 15.9 Å². The second-order valence-corrected chi connectivity index (χ2v) is 18.1. The summed E-state index contributed by atoms with van der Waals surface area (Å²) in [5.74, 6) is -0.0851. The van der Waals surface area contributed by atoms with Crippen LogP contribution in [0, 0.1) is 18.2 Å². The van der Waals surface area contributed by atoms with E-state index in [2.05, 4.69) is 30.9 Å². The zero-order valence-corrected chi connectivity index (χ0v) is 38.9. The molecule has 2 aromatic heterocycles. The lowest BCUT2D eigenvalue weighted by atomic mass is 9.85. The maximum atomic E-state index is 14.0. The molecule has 18 heteroatoms. The molecule has 0 aliphatic carbocycles. The van der Waals surface area contributed by atoms with Crippen LogP contribution in [0.5, 0.6) is 11.5 Å². The van der Waals surface area contributed by atoms with Gasteiger partial charge in [-0.15, -0.1) is 11.3 Å².